The Morgan fingerprint density at radius 3 is 1.92 bits per heavy atom. The highest BCUT2D eigenvalue weighted by atomic mass is 16.2. The molecular weight excluding hydrogens is 324 g/mol. The first-order chi connectivity index (χ1) is 12.7. The number of aromatic nitrogens is 1. The highest BCUT2D eigenvalue weighted by Crippen LogP contribution is 2.44. The summed E-state index contributed by atoms with van der Waals surface area (Å²) >= 11 is 0. The summed E-state index contributed by atoms with van der Waals surface area (Å²) in [7, 11) is 0. The second kappa shape index (κ2) is 5.97. The number of hydrogen-bond donors (Lipinski definition) is 1. The number of hydrogen-bond acceptors (Lipinski definition) is 2. The van der Waals surface area contributed by atoms with Crippen molar-refractivity contribution in [2.75, 3.05) is 0 Å². The molecule has 3 aromatic rings. The summed E-state index contributed by atoms with van der Waals surface area (Å²) in [6.45, 7) is 0.247. The van der Waals surface area contributed by atoms with Crippen LogP contribution in [0.5, 0.6) is 0 Å². The normalized spacial score (nSPS) is 17.1. The predicted octanol–water partition coefficient (Wildman–Crippen LogP) is 3.46. The van der Waals surface area contributed by atoms with Crippen LogP contribution in [0, 0.1) is 11.8 Å². The molecule has 1 aromatic heterocycles. The van der Waals surface area contributed by atoms with Gasteiger partial charge in [-0.05, 0) is 61.8 Å². The van der Waals surface area contributed by atoms with E-state index in [1.165, 1.54) is 25.7 Å². The summed E-state index contributed by atoms with van der Waals surface area (Å²) in [5.41, 5.74) is 1.67. The van der Waals surface area contributed by atoms with Crippen molar-refractivity contribution >= 4 is 27.7 Å². The topological polar surface area (TPSA) is 51.1 Å². The zero-order valence-corrected chi connectivity index (χ0v) is 14.7. The molecule has 0 saturated heterocycles. The van der Waals surface area contributed by atoms with Crippen LogP contribution in [0.4, 0.5) is 0 Å². The molecule has 0 spiro atoms. The van der Waals surface area contributed by atoms with Crippen molar-refractivity contribution in [2.45, 2.75) is 38.3 Å². The average molecular weight is 346 g/mol. The fourth-order valence-electron chi connectivity index (χ4n) is 4.15. The standard InChI is InChI=1S/C22H22N2O2/c25-20(23-21(14-9-10-14)15-11-12-15)13-24-18-7-3-1-5-16(18)22(26)17-6-2-4-8-19(17)24/h1-8,14-15,21H,9-13H2,(H,23,25). The summed E-state index contributed by atoms with van der Waals surface area (Å²) in [6.07, 6.45) is 4.97. The molecule has 2 aliphatic carbocycles. The molecule has 0 aliphatic heterocycles. The first-order valence-corrected chi connectivity index (χ1v) is 9.52. The summed E-state index contributed by atoms with van der Waals surface area (Å²) in [4.78, 5) is 25.6. The molecule has 1 amide bonds. The first kappa shape index (κ1) is 15.6. The maximum atomic E-state index is 12.8. The molecule has 2 aromatic carbocycles. The molecule has 1 heterocycles. The molecule has 0 bridgehead atoms. The number of pyridine rings is 1. The summed E-state index contributed by atoms with van der Waals surface area (Å²) < 4.78 is 1.98. The maximum absolute atomic E-state index is 12.8. The van der Waals surface area contributed by atoms with Crippen LogP contribution < -0.4 is 10.7 Å². The summed E-state index contributed by atoms with van der Waals surface area (Å²) in [5, 5.41) is 4.63. The van der Waals surface area contributed by atoms with Crippen LogP contribution in [0.25, 0.3) is 21.8 Å². The van der Waals surface area contributed by atoms with E-state index in [0.29, 0.717) is 28.7 Å². The molecule has 2 fully saturated rings. The summed E-state index contributed by atoms with van der Waals surface area (Å²) in [5.74, 6) is 1.40. The number of para-hydroxylation sites is 2. The Hall–Kier alpha value is -2.62. The van der Waals surface area contributed by atoms with Crippen LogP contribution in [-0.2, 0) is 11.3 Å². The van der Waals surface area contributed by atoms with Gasteiger partial charge in [0, 0.05) is 16.8 Å². The number of carbonyl (C=O) groups excluding carboxylic acids is 1. The van der Waals surface area contributed by atoms with E-state index in [2.05, 4.69) is 5.32 Å². The lowest BCUT2D eigenvalue weighted by atomic mass is 10.1. The number of nitrogens with one attached hydrogen (secondary N) is 1. The van der Waals surface area contributed by atoms with Crippen molar-refractivity contribution in [3.63, 3.8) is 0 Å². The fourth-order valence-corrected chi connectivity index (χ4v) is 4.15. The Bertz CT molecular complexity index is 989. The molecule has 5 rings (SSSR count). The van der Waals surface area contributed by atoms with E-state index < -0.39 is 0 Å². The van der Waals surface area contributed by atoms with E-state index in [1.807, 2.05) is 53.1 Å². The quantitative estimate of drug-likeness (QED) is 0.719. The number of nitrogens with zero attached hydrogens (tertiary/aromatic N) is 1. The van der Waals surface area contributed by atoms with Crippen LogP contribution >= 0.6 is 0 Å². The van der Waals surface area contributed by atoms with Gasteiger partial charge in [0.05, 0.1) is 11.0 Å². The molecular formula is C22H22N2O2. The van der Waals surface area contributed by atoms with E-state index in [1.54, 1.807) is 0 Å². The highest BCUT2D eigenvalue weighted by Gasteiger charge is 2.42. The Morgan fingerprint density at radius 1 is 0.923 bits per heavy atom. The predicted molar refractivity (Wildman–Crippen MR) is 103 cm³/mol. The molecule has 4 heteroatoms. The highest BCUT2D eigenvalue weighted by molar-refractivity contribution is 5.94. The number of rotatable bonds is 5. The molecule has 0 unspecified atom stereocenters. The van der Waals surface area contributed by atoms with Crippen molar-refractivity contribution < 1.29 is 4.79 Å². The largest absolute Gasteiger partial charge is 0.351 e. The Morgan fingerprint density at radius 2 is 1.42 bits per heavy atom. The maximum Gasteiger partial charge on any atom is 0.240 e. The van der Waals surface area contributed by atoms with E-state index >= 15 is 0 Å². The third-order valence-corrected chi connectivity index (χ3v) is 5.77. The molecule has 0 radical (unpaired) electrons. The lowest BCUT2D eigenvalue weighted by Crippen LogP contribution is -2.40. The summed E-state index contributed by atoms with van der Waals surface area (Å²) in [6, 6.07) is 15.5. The van der Waals surface area contributed by atoms with Crippen molar-refractivity contribution in [1.29, 1.82) is 0 Å². The fraction of sp³-hybridized carbons (Fsp3) is 0.364. The molecule has 132 valence electrons. The van der Waals surface area contributed by atoms with Crippen LogP contribution in [-0.4, -0.2) is 16.5 Å². The van der Waals surface area contributed by atoms with Gasteiger partial charge in [-0.1, -0.05) is 24.3 Å². The lowest BCUT2D eigenvalue weighted by molar-refractivity contribution is -0.122. The van der Waals surface area contributed by atoms with Crippen LogP contribution in [0.1, 0.15) is 25.7 Å². The van der Waals surface area contributed by atoms with Crippen molar-refractivity contribution in [2.24, 2.45) is 11.8 Å². The van der Waals surface area contributed by atoms with Gasteiger partial charge in [-0.2, -0.15) is 0 Å². The molecule has 4 nitrogen and oxygen atoms in total. The third-order valence-electron chi connectivity index (χ3n) is 5.77. The van der Waals surface area contributed by atoms with Crippen LogP contribution in [0.15, 0.2) is 53.3 Å². The van der Waals surface area contributed by atoms with Gasteiger partial charge in [0.1, 0.15) is 6.54 Å². The van der Waals surface area contributed by atoms with Crippen LogP contribution in [0.2, 0.25) is 0 Å². The van der Waals surface area contributed by atoms with Gasteiger partial charge in [-0.25, -0.2) is 0 Å². The second-order valence-corrected chi connectivity index (χ2v) is 7.72. The van der Waals surface area contributed by atoms with Gasteiger partial charge >= 0.3 is 0 Å². The average Bonchev–Trinajstić information content (AvgIpc) is 3.56. The van der Waals surface area contributed by atoms with Gasteiger partial charge in [-0.3, -0.25) is 9.59 Å². The van der Waals surface area contributed by atoms with Gasteiger partial charge in [0.2, 0.25) is 5.91 Å². The van der Waals surface area contributed by atoms with E-state index in [-0.39, 0.29) is 17.9 Å². The van der Waals surface area contributed by atoms with Gasteiger partial charge in [-0.15, -0.1) is 0 Å². The minimum atomic E-state index is 0.0293. The van der Waals surface area contributed by atoms with Gasteiger partial charge in [0.25, 0.3) is 0 Å². The van der Waals surface area contributed by atoms with E-state index in [4.69, 9.17) is 0 Å². The van der Waals surface area contributed by atoms with Crippen molar-refractivity contribution in [3.8, 4) is 0 Å². The SMILES string of the molecule is O=C(Cn1c2ccccc2c(=O)c2ccccc21)NC(C1CC1)C1CC1. The minimum absolute atomic E-state index is 0.0293. The van der Waals surface area contributed by atoms with E-state index in [9.17, 15) is 9.59 Å². The Balaban J connectivity index is 1.55. The van der Waals surface area contributed by atoms with Gasteiger partial charge < -0.3 is 9.88 Å². The molecule has 26 heavy (non-hydrogen) atoms. The third kappa shape index (κ3) is 2.70. The van der Waals surface area contributed by atoms with Gasteiger partial charge in [0.15, 0.2) is 5.43 Å². The number of carbonyl (C=O) groups is 1. The Kier molecular flexibility index (Phi) is 3.59. The number of amides is 1. The molecule has 2 saturated carbocycles. The first-order valence-electron chi connectivity index (χ1n) is 9.52. The van der Waals surface area contributed by atoms with Crippen molar-refractivity contribution in [3.05, 3.63) is 58.8 Å². The number of fused-ring (bicyclic) bond motifs is 2. The smallest absolute Gasteiger partial charge is 0.240 e. The lowest BCUT2D eigenvalue weighted by Gasteiger charge is -2.20. The molecule has 1 N–H and O–H groups in total. The van der Waals surface area contributed by atoms with E-state index in [0.717, 1.165) is 11.0 Å². The monoisotopic (exact) mass is 346 g/mol. The molecule has 0 atom stereocenters. The number of benzene rings is 2. The second-order valence-electron chi connectivity index (χ2n) is 7.72. The molecule has 2 aliphatic rings. The zero-order valence-electron chi connectivity index (χ0n) is 14.7. The zero-order chi connectivity index (χ0) is 17.7. The van der Waals surface area contributed by atoms with Crippen LogP contribution in [0.3, 0.4) is 0 Å². The van der Waals surface area contributed by atoms with Crippen molar-refractivity contribution in [1.82, 2.24) is 9.88 Å². The minimum Gasteiger partial charge on any atom is -0.351 e. The Labute approximate surface area is 151 Å².